The van der Waals surface area contributed by atoms with Crippen LogP contribution in [0.3, 0.4) is 0 Å². The summed E-state index contributed by atoms with van der Waals surface area (Å²) in [6.07, 6.45) is 1.70. The number of hydrogen-bond acceptors (Lipinski definition) is 0. The lowest BCUT2D eigenvalue weighted by Gasteiger charge is -2.30. The van der Waals surface area contributed by atoms with Gasteiger partial charge in [0.15, 0.2) is 0 Å². The van der Waals surface area contributed by atoms with Gasteiger partial charge in [0.25, 0.3) is 0 Å². The van der Waals surface area contributed by atoms with E-state index in [0.29, 0.717) is 32.1 Å². The molecule has 116 valence electrons. The van der Waals surface area contributed by atoms with Crippen LogP contribution < -0.4 is 0 Å². The Morgan fingerprint density at radius 1 is 0.737 bits per heavy atom. The molecule has 0 radical (unpaired) electrons. The van der Waals surface area contributed by atoms with E-state index in [-0.39, 0.29) is 6.42 Å². The Bertz CT molecular complexity index is 258. The minimum Gasteiger partial charge on any atom is -0.251 e. The van der Waals surface area contributed by atoms with Gasteiger partial charge in [0.05, 0.1) is 6.67 Å². The van der Waals surface area contributed by atoms with Gasteiger partial charge in [0.1, 0.15) is 0 Å². The molecule has 0 aromatic heterocycles. The Morgan fingerprint density at radius 2 is 1.16 bits per heavy atom. The molecule has 0 bridgehead atoms. The first kappa shape index (κ1) is 19.7. The number of hydrogen-bond donors (Lipinski definition) is 0. The van der Waals surface area contributed by atoms with Gasteiger partial charge in [-0.1, -0.05) is 25.7 Å². The van der Waals surface area contributed by atoms with E-state index in [2.05, 4.69) is 0 Å². The summed E-state index contributed by atoms with van der Waals surface area (Å²) in [6.45, 7) is -0.405. The van der Waals surface area contributed by atoms with Crippen LogP contribution in [0.25, 0.3) is 0 Å². The van der Waals surface area contributed by atoms with Crippen molar-refractivity contribution in [2.75, 3.05) is 6.67 Å². The van der Waals surface area contributed by atoms with Crippen LogP contribution in [0.15, 0.2) is 0 Å². The van der Waals surface area contributed by atoms with Gasteiger partial charge >= 0.3 is 17.5 Å². The van der Waals surface area contributed by atoms with Crippen LogP contribution in [0, 0.1) is 0 Å². The largest absolute Gasteiger partial charge is 0.424 e. The quantitative estimate of drug-likeness (QED) is 0.188. The Balaban J connectivity index is 4.04. The normalized spacial score (nSPS) is 13.9. The lowest BCUT2D eigenvalue weighted by molar-refractivity contribution is -0.165. The lowest BCUT2D eigenvalue weighted by Crippen LogP contribution is -2.53. The topological polar surface area (TPSA) is 0 Å². The summed E-state index contributed by atoms with van der Waals surface area (Å²) >= 11 is 15.0. The van der Waals surface area contributed by atoms with E-state index in [9.17, 15) is 22.0 Å². The van der Waals surface area contributed by atoms with Gasteiger partial charge in [-0.25, -0.2) is 8.78 Å². The fourth-order valence-corrected chi connectivity index (χ4v) is 3.30. The zero-order valence-corrected chi connectivity index (χ0v) is 13.4. The van der Waals surface area contributed by atoms with Crippen LogP contribution in [0.5, 0.6) is 0 Å². The maximum Gasteiger partial charge on any atom is 0.424 e. The Labute approximate surface area is 124 Å². The van der Waals surface area contributed by atoms with Crippen LogP contribution in [0.1, 0.15) is 44.9 Å². The molecule has 0 aromatic carbocycles. The second kappa shape index (κ2) is 8.25. The predicted molar refractivity (Wildman–Crippen MR) is 71.5 cm³/mol. The van der Waals surface area contributed by atoms with Crippen molar-refractivity contribution in [3.05, 3.63) is 0 Å². The Kier molecular flexibility index (Phi) is 8.57. The first-order valence-corrected chi connectivity index (χ1v) is 11.0. The summed E-state index contributed by atoms with van der Waals surface area (Å²) in [7, 11) is 0. The summed E-state index contributed by atoms with van der Waals surface area (Å²) in [5.74, 6) is -4.30. The molecule has 0 N–H and O–H groups in total. The molecule has 9 heteroatoms. The standard InChI is InChI=1S/C10H16Cl3F5Si/c11-19(12,13)10(17,18)9(15,16)7-5-3-1-2-4-6-8-14/h1-8H2. The van der Waals surface area contributed by atoms with Gasteiger partial charge in [-0.2, -0.15) is 8.78 Å². The third-order valence-corrected chi connectivity index (χ3v) is 5.90. The molecule has 0 aliphatic rings. The van der Waals surface area contributed by atoms with E-state index in [1.165, 1.54) is 0 Å². The highest BCUT2D eigenvalue weighted by Crippen LogP contribution is 2.49. The van der Waals surface area contributed by atoms with Gasteiger partial charge in [-0.3, -0.25) is 4.39 Å². The van der Waals surface area contributed by atoms with Crippen molar-refractivity contribution in [2.24, 2.45) is 0 Å². The van der Waals surface area contributed by atoms with Crippen molar-refractivity contribution in [1.82, 2.24) is 0 Å². The van der Waals surface area contributed by atoms with Gasteiger partial charge in [-0.05, 0) is 12.8 Å². The summed E-state index contributed by atoms with van der Waals surface area (Å²) < 4.78 is 64.9. The van der Waals surface area contributed by atoms with E-state index >= 15 is 0 Å². The molecule has 0 heterocycles. The number of alkyl halides is 5. The van der Waals surface area contributed by atoms with Crippen molar-refractivity contribution in [3.63, 3.8) is 0 Å². The first-order valence-electron chi connectivity index (χ1n) is 5.94. The Hall–Kier alpha value is 0.737. The molecule has 19 heavy (non-hydrogen) atoms. The zero-order valence-electron chi connectivity index (χ0n) is 10.2. The molecule has 0 spiro atoms. The van der Waals surface area contributed by atoms with Crippen LogP contribution in [0.4, 0.5) is 22.0 Å². The third kappa shape index (κ3) is 6.36. The van der Waals surface area contributed by atoms with Crippen LogP contribution in [-0.4, -0.2) is 24.1 Å². The van der Waals surface area contributed by atoms with Crippen molar-refractivity contribution >= 4 is 39.2 Å². The molecule has 0 fully saturated rings. The highest BCUT2D eigenvalue weighted by atomic mass is 35.8. The van der Waals surface area contributed by atoms with Crippen molar-refractivity contribution in [1.29, 1.82) is 0 Å². The van der Waals surface area contributed by atoms with Gasteiger partial charge in [0.2, 0.25) is 0 Å². The van der Waals surface area contributed by atoms with Crippen molar-refractivity contribution in [2.45, 2.75) is 56.4 Å². The molecule has 0 nitrogen and oxygen atoms in total. The first-order chi connectivity index (χ1) is 8.56. The molecule has 0 atom stereocenters. The number of rotatable bonds is 10. The molecule has 0 amide bonds. The predicted octanol–water partition coefficient (Wildman–Crippen LogP) is 6.15. The lowest BCUT2D eigenvalue weighted by atomic mass is 10.1. The summed E-state index contributed by atoms with van der Waals surface area (Å²) in [4.78, 5) is 0. The zero-order chi connectivity index (χ0) is 15.2. The molecule has 0 aliphatic heterocycles. The number of halogens is 8. The average Bonchev–Trinajstić information content (AvgIpc) is 2.26. The number of unbranched alkanes of at least 4 members (excludes halogenated alkanes) is 5. The van der Waals surface area contributed by atoms with E-state index in [1.807, 2.05) is 0 Å². The molecule has 0 saturated carbocycles. The maximum atomic E-state index is 13.3. The molecule has 0 aromatic rings. The van der Waals surface area contributed by atoms with Crippen LogP contribution in [0.2, 0.25) is 0 Å². The molecular weight excluding hydrogens is 350 g/mol. The SMILES string of the molecule is FCCCCCCCCC(F)(F)C(F)(F)[Si](Cl)(Cl)Cl. The molecule has 0 aliphatic carbocycles. The Morgan fingerprint density at radius 3 is 1.58 bits per heavy atom. The fourth-order valence-electron chi connectivity index (χ4n) is 1.51. The van der Waals surface area contributed by atoms with E-state index in [1.54, 1.807) is 0 Å². The second-order valence-corrected chi connectivity index (χ2v) is 12.8. The minimum atomic E-state index is -4.81. The van der Waals surface area contributed by atoms with Crippen LogP contribution >= 0.6 is 33.2 Å². The van der Waals surface area contributed by atoms with E-state index in [0.717, 1.165) is 0 Å². The maximum absolute atomic E-state index is 13.3. The van der Waals surface area contributed by atoms with E-state index < -0.39 is 30.6 Å². The van der Waals surface area contributed by atoms with Gasteiger partial charge in [0, 0.05) is 6.42 Å². The molecular formula is C10H16Cl3F5Si. The molecule has 0 rings (SSSR count). The minimum absolute atomic E-state index is 0.0760. The molecule has 0 unspecified atom stereocenters. The monoisotopic (exact) mass is 364 g/mol. The van der Waals surface area contributed by atoms with E-state index in [4.69, 9.17) is 33.2 Å². The summed E-state index contributed by atoms with van der Waals surface area (Å²) in [6, 6.07) is -4.81. The van der Waals surface area contributed by atoms with Gasteiger partial charge < -0.3 is 0 Å². The third-order valence-electron chi connectivity index (χ3n) is 2.69. The van der Waals surface area contributed by atoms with Crippen molar-refractivity contribution < 1.29 is 22.0 Å². The highest BCUT2D eigenvalue weighted by Gasteiger charge is 2.69. The van der Waals surface area contributed by atoms with Crippen molar-refractivity contribution in [3.8, 4) is 0 Å². The fraction of sp³-hybridized carbons (Fsp3) is 1.00. The molecule has 0 saturated heterocycles. The highest BCUT2D eigenvalue weighted by molar-refractivity contribution is 7.65. The smallest absolute Gasteiger partial charge is 0.251 e. The summed E-state index contributed by atoms with van der Waals surface area (Å²) in [5, 5.41) is 0. The van der Waals surface area contributed by atoms with Gasteiger partial charge in [-0.15, -0.1) is 33.2 Å². The second-order valence-electron chi connectivity index (χ2n) is 4.34. The summed E-state index contributed by atoms with van der Waals surface area (Å²) in [5.41, 5.74) is -4.57. The van der Waals surface area contributed by atoms with Crippen LogP contribution in [-0.2, 0) is 0 Å². The average molecular weight is 366 g/mol.